The topological polar surface area (TPSA) is 56.9 Å². The number of carbonyl (C=O) groups is 1. The number of Topliss-reactive ketones (excluding diaryl/α,β-unsaturated/α-hetero) is 1. The standard InChI is InChI=1S/C21H25N3O2S/c1-6-23-14(4)11-17(15(23)5)19(25)12-27-21-22-18-10-8-7-9-16(18)20(26)24(21)13(2)3/h7-11,13H,6,12H2,1-5H3. The highest BCUT2D eigenvalue weighted by atomic mass is 32.2. The van der Waals surface area contributed by atoms with E-state index in [2.05, 4.69) is 16.5 Å². The maximum Gasteiger partial charge on any atom is 0.262 e. The summed E-state index contributed by atoms with van der Waals surface area (Å²) in [6.07, 6.45) is 0. The predicted molar refractivity (Wildman–Crippen MR) is 111 cm³/mol. The molecule has 0 N–H and O–H groups in total. The highest BCUT2D eigenvalue weighted by Crippen LogP contribution is 2.23. The summed E-state index contributed by atoms with van der Waals surface area (Å²) in [5.74, 6) is 0.316. The van der Waals surface area contributed by atoms with E-state index in [1.807, 2.05) is 52.0 Å². The van der Waals surface area contributed by atoms with Gasteiger partial charge in [0.25, 0.3) is 5.56 Å². The highest BCUT2D eigenvalue weighted by Gasteiger charge is 2.18. The number of para-hydroxylation sites is 1. The molecular formula is C21H25N3O2S. The van der Waals surface area contributed by atoms with Crippen LogP contribution in [0.15, 0.2) is 40.3 Å². The predicted octanol–water partition coefficient (Wildman–Crippen LogP) is 4.39. The van der Waals surface area contributed by atoms with Crippen molar-refractivity contribution in [3.8, 4) is 0 Å². The Labute approximate surface area is 163 Å². The van der Waals surface area contributed by atoms with Crippen molar-refractivity contribution in [2.45, 2.75) is 52.4 Å². The van der Waals surface area contributed by atoms with Gasteiger partial charge in [-0.15, -0.1) is 0 Å². The number of fused-ring (bicyclic) bond motifs is 1. The van der Waals surface area contributed by atoms with E-state index in [9.17, 15) is 9.59 Å². The first-order valence-electron chi connectivity index (χ1n) is 9.19. The molecule has 2 aromatic heterocycles. The van der Waals surface area contributed by atoms with Crippen LogP contribution in [-0.2, 0) is 6.54 Å². The van der Waals surface area contributed by atoms with E-state index in [0.717, 1.165) is 23.5 Å². The fourth-order valence-corrected chi connectivity index (χ4v) is 4.47. The van der Waals surface area contributed by atoms with E-state index >= 15 is 0 Å². The molecule has 0 amide bonds. The monoisotopic (exact) mass is 383 g/mol. The van der Waals surface area contributed by atoms with Crippen LogP contribution < -0.4 is 5.56 Å². The van der Waals surface area contributed by atoms with E-state index < -0.39 is 0 Å². The molecule has 2 heterocycles. The first kappa shape index (κ1) is 19.4. The molecule has 0 aliphatic heterocycles. The molecule has 0 saturated heterocycles. The maximum atomic E-state index is 12.9. The quantitative estimate of drug-likeness (QED) is 0.360. The molecule has 0 atom stereocenters. The molecule has 0 saturated carbocycles. The third kappa shape index (κ3) is 3.58. The Balaban J connectivity index is 1.94. The van der Waals surface area contributed by atoms with Crippen LogP contribution in [0.4, 0.5) is 0 Å². The lowest BCUT2D eigenvalue weighted by Crippen LogP contribution is -2.25. The summed E-state index contributed by atoms with van der Waals surface area (Å²) in [7, 11) is 0. The number of hydrogen-bond donors (Lipinski definition) is 0. The number of ketones is 1. The highest BCUT2D eigenvalue weighted by molar-refractivity contribution is 7.99. The minimum absolute atomic E-state index is 0.0302. The van der Waals surface area contributed by atoms with Crippen LogP contribution in [0.25, 0.3) is 10.9 Å². The van der Waals surface area contributed by atoms with Gasteiger partial charge in [0.1, 0.15) is 0 Å². The number of aromatic nitrogens is 3. The normalized spacial score (nSPS) is 11.5. The molecule has 0 radical (unpaired) electrons. The van der Waals surface area contributed by atoms with Gasteiger partial charge < -0.3 is 4.57 Å². The molecule has 3 aromatic rings. The number of rotatable bonds is 6. The Morgan fingerprint density at radius 1 is 1.22 bits per heavy atom. The van der Waals surface area contributed by atoms with E-state index in [4.69, 9.17) is 0 Å². The van der Waals surface area contributed by atoms with Crippen LogP contribution in [0.1, 0.15) is 48.6 Å². The van der Waals surface area contributed by atoms with E-state index in [-0.39, 0.29) is 23.1 Å². The van der Waals surface area contributed by atoms with Crippen molar-refractivity contribution in [1.82, 2.24) is 14.1 Å². The summed E-state index contributed by atoms with van der Waals surface area (Å²) in [6, 6.07) is 9.26. The Hall–Kier alpha value is -2.34. The summed E-state index contributed by atoms with van der Waals surface area (Å²) in [5, 5.41) is 1.19. The smallest absolute Gasteiger partial charge is 0.262 e. The zero-order chi connectivity index (χ0) is 19.7. The van der Waals surface area contributed by atoms with Gasteiger partial charge >= 0.3 is 0 Å². The van der Waals surface area contributed by atoms with Crippen molar-refractivity contribution in [2.24, 2.45) is 0 Å². The molecule has 5 nitrogen and oxygen atoms in total. The number of nitrogens with zero attached hydrogens (tertiary/aromatic N) is 3. The lowest BCUT2D eigenvalue weighted by molar-refractivity contribution is 0.102. The Bertz CT molecular complexity index is 1060. The largest absolute Gasteiger partial charge is 0.349 e. The summed E-state index contributed by atoms with van der Waals surface area (Å²) in [5.41, 5.74) is 3.44. The number of benzene rings is 1. The molecule has 0 unspecified atom stereocenters. The van der Waals surface area contributed by atoms with Gasteiger partial charge in [-0.05, 0) is 52.8 Å². The number of carbonyl (C=O) groups excluding carboxylic acids is 1. The molecule has 0 aliphatic carbocycles. The van der Waals surface area contributed by atoms with Crippen LogP contribution >= 0.6 is 11.8 Å². The van der Waals surface area contributed by atoms with Gasteiger partial charge in [-0.3, -0.25) is 14.2 Å². The number of hydrogen-bond acceptors (Lipinski definition) is 4. The zero-order valence-electron chi connectivity index (χ0n) is 16.4. The van der Waals surface area contributed by atoms with Gasteiger partial charge in [-0.25, -0.2) is 4.98 Å². The molecule has 0 aliphatic rings. The lowest BCUT2D eigenvalue weighted by Gasteiger charge is -2.15. The fourth-order valence-electron chi connectivity index (χ4n) is 3.46. The van der Waals surface area contributed by atoms with Crippen LogP contribution in [0.5, 0.6) is 0 Å². The number of thioether (sulfide) groups is 1. The second-order valence-electron chi connectivity index (χ2n) is 6.92. The Morgan fingerprint density at radius 3 is 2.56 bits per heavy atom. The van der Waals surface area contributed by atoms with Gasteiger partial charge in [0, 0.05) is 29.5 Å². The van der Waals surface area contributed by atoms with Crippen molar-refractivity contribution in [2.75, 3.05) is 5.75 Å². The average molecular weight is 384 g/mol. The van der Waals surface area contributed by atoms with Crippen LogP contribution in [-0.4, -0.2) is 25.7 Å². The molecular weight excluding hydrogens is 358 g/mol. The van der Waals surface area contributed by atoms with E-state index in [0.29, 0.717) is 16.1 Å². The van der Waals surface area contributed by atoms with Crippen molar-refractivity contribution in [3.63, 3.8) is 0 Å². The minimum atomic E-state index is -0.0605. The SMILES string of the molecule is CCn1c(C)cc(C(=O)CSc2nc3ccccc3c(=O)n2C(C)C)c1C. The average Bonchev–Trinajstić information content (AvgIpc) is 2.93. The van der Waals surface area contributed by atoms with Crippen molar-refractivity contribution < 1.29 is 4.79 Å². The van der Waals surface area contributed by atoms with E-state index in [1.165, 1.54) is 11.8 Å². The third-order valence-corrected chi connectivity index (χ3v) is 5.77. The maximum absolute atomic E-state index is 12.9. The summed E-state index contributed by atoms with van der Waals surface area (Å²) in [4.78, 5) is 30.3. The van der Waals surface area contributed by atoms with Crippen molar-refractivity contribution in [1.29, 1.82) is 0 Å². The molecule has 0 spiro atoms. The fraction of sp³-hybridized carbons (Fsp3) is 0.381. The van der Waals surface area contributed by atoms with Crippen LogP contribution in [0.2, 0.25) is 0 Å². The second-order valence-corrected chi connectivity index (χ2v) is 7.86. The van der Waals surface area contributed by atoms with Gasteiger partial charge in [0.2, 0.25) is 0 Å². The molecule has 142 valence electrons. The van der Waals surface area contributed by atoms with Crippen LogP contribution in [0, 0.1) is 13.8 Å². The Kier molecular flexibility index (Phi) is 5.56. The minimum Gasteiger partial charge on any atom is -0.349 e. The summed E-state index contributed by atoms with van der Waals surface area (Å²) < 4.78 is 3.81. The van der Waals surface area contributed by atoms with E-state index in [1.54, 1.807) is 10.6 Å². The van der Waals surface area contributed by atoms with Crippen molar-refractivity contribution in [3.05, 3.63) is 57.6 Å². The van der Waals surface area contributed by atoms with Crippen LogP contribution in [0.3, 0.4) is 0 Å². The molecule has 0 bridgehead atoms. The second kappa shape index (κ2) is 7.72. The van der Waals surface area contributed by atoms with Crippen molar-refractivity contribution >= 4 is 28.4 Å². The molecule has 3 rings (SSSR count). The molecule has 1 aromatic carbocycles. The van der Waals surface area contributed by atoms with Gasteiger partial charge in [0.05, 0.1) is 16.7 Å². The first-order chi connectivity index (χ1) is 12.8. The number of aryl methyl sites for hydroxylation is 1. The summed E-state index contributed by atoms with van der Waals surface area (Å²) in [6.45, 7) is 10.8. The molecule has 6 heteroatoms. The third-order valence-electron chi connectivity index (χ3n) is 4.81. The Morgan fingerprint density at radius 2 is 1.93 bits per heavy atom. The molecule has 0 fully saturated rings. The zero-order valence-corrected chi connectivity index (χ0v) is 17.3. The lowest BCUT2D eigenvalue weighted by atomic mass is 10.2. The van der Waals surface area contributed by atoms with Gasteiger partial charge in [-0.2, -0.15) is 0 Å². The summed E-state index contributed by atoms with van der Waals surface area (Å²) >= 11 is 1.33. The molecule has 27 heavy (non-hydrogen) atoms. The van der Waals surface area contributed by atoms with Gasteiger partial charge in [-0.1, -0.05) is 23.9 Å². The van der Waals surface area contributed by atoms with Gasteiger partial charge in [0.15, 0.2) is 10.9 Å². The first-order valence-corrected chi connectivity index (χ1v) is 10.2.